The largest absolute Gasteiger partial charge is 0.342 e. The fourth-order valence-corrected chi connectivity index (χ4v) is 3.78. The molecule has 1 aliphatic rings. The van der Waals surface area contributed by atoms with E-state index in [4.69, 9.17) is 4.98 Å². The molecule has 1 saturated heterocycles. The van der Waals surface area contributed by atoms with Crippen LogP contribution >= 0.6 is 11.3 Å². The Labute approximate surface area is 152 Å². The van der Waals surface area contributed by atoms with Gasteiger partial charge in [0.05, 0.1) is 0 Å². The van der Waals surface area contributed by atoms with Crippen molar-refractivity contribution in [3.05, 3.63) is 28.9 Å². The molecule has 2 aromatic heterocycles. The summed E-state index contributed by atoms with van der Waals surface area (Å²) in [7, 11) is 0. The first-order valence-electron chi connectivity index (χ1n) is 8.92. The van der Waals surface area contributed by atoms with Gasteiger partial charge in [-0.3, -0.25) is 4.79 Å². The highest BCUT2D eigenvalue weighted by molar-refractivity contribution is 7.15. The standard InChI is InChI=1S/C18H25N5OS/c1-4-16-21-22-18(25-16)20-15-9-5-8-14(19-15)13-7-6-10-23(11-13)17(24)12(2)3/h5,8-9,12-13H,4,6-7,10-11H2,1-3H3,(H,19,20,22). The maximum atomic E-state index is 12.3. The van der Waals surface area contributed by atoms with Gasteiger partial charge in [0.1, 0.15) is 10.8 Å². The molecule has 1 aliphatic heterocycles. The number of nitrogens with one attached hydrogen (secondary N) is 1. The van der Waals surface area contributed by atoms with Crippen molar-refractivity contribution in [3.8, 4) is 0 Å². The normalized spacial score (nSPS) is 17.8. The molecule has 0 aromatic carbocycles. The number of carbonyl (C=O) groups excluding carboxylic acids is 1. The maximum absolute atomic E-state index is 12.3. The van der Waals surface area contributed by atoms with Gasteiger partial charge in [-0.2, -0.15) is 0 Å². The summed E-state index contributed by atoms with van der Waals surface area (Å²) in [5, 5.41) is 13.3. The van der Waals surface area contributed by atoms with Gasteiger partial charge >= 0.3 is 0 Å². The minimum atomic E-state index is 0.0462. The molecule has 1 unspecified atom stereocenters. The zero-order chi connectivity index (χ0) is 17.8. The third kappa shape index (κ3) is 4.34. The van der Waals surface area contributed by atoms with Crippen LogP contribution in [-0.4, -0.2) is 39.1 Å². The Morgan fingerprint density at radius 1 is 1.40 bits per heavy atom. The summed E-state index contributed by atoms with van der Waals surface area (Å²) < 4.78 is 0. The van der Waals surface area contributed by atoms with Crippen LogP contribution in [0.15, 0.2) is 18.2 Å². The molecule has 0 bridgehead atoms. The first-order valence-corrected chi connectivity index (χ1v) is 9.73. The van der Waals surface area contributed by atoms with Crippen LogP contribution in [0.1, 0.15) is 50.2 Å². The van der Waals surface area contributed by atoms with Crippen LogP contribution in [0.3, 0.4) is 0 Å². The number of nitrogens with zero attached hydrogens (tertiary/aromatic N) is 4. The molecule has 2 aromatic rings. The number of likely N-dealkylation sites (tertiary alicyclic amines) is 1. The molecule has 25 heavy (non-hydrogen) atoms. The Balaban J connectivity index is 1.71. The third-order valence-electron chi connectivity index (χ3n) is 4.42. The van der Waals surface area contributed by atoms with Gasteiger partial charge in [0.2, 0.25) is 11.0 Å². The van der Waals surface area contributed by atoms with Gasteiger partial charge in [-0.1, -0.05) is 38.2 Å². The molecular formula is C18H25N5OS. The summed E-state index contributed by atoms with van der Waals surface area (Å²) in [6.45, 7) is 7.60. The number of anilines is 2. The molecule has 0 saturated carbocycles. The molecule has 1 N–H and O–H groups in total. The first-order chi connectivity index (χ1) is 12.1. The maximum Gasteiger partial charge on any atom is 0.225 e. The zero-order valence-electron chi connectivity index (χ0n) is 15.0. The Morgan fingerprint density at radius 2 is 2.24 bits per heavy atom. The van der Waals surface area contributed by atoms with Crippen molar-refractivity contribution in [1.82, 2.24) is 20.1 Å². The van der Waals surface area contributed by atoms with Crippen molar-refractivity contribution in [2.24, 2.45) is 5.92 Å². The van der Waals surface area contributed by atoms with E-state index >= 15 is 0 Å². The van der Waals surface area contributed by atoms with Gasteiger partial charge in [-0.15, -0.1) is 10.2 Å². The predicted octanol–water partition coefficient (Wildman–Crippen LogP) is 3.60. The lowest BCUT2D eigenvalue weighted by Crippen LogP contribution is -2.41. The van der Waals surface area contributed by atoms with E-state index < -0.39 is 0 Å². The van der Waals surface area contributed by atoms with E-state index in [1.807, 2.05) is 30.9 Å². The van der Waals surface area contributed by atoms with E-state index in [1.165, 1.54) is 0 Å². The highest BCUT2D eigenvalue weighted by Crippen LogP contribution is 2.28. The number of pyridine rings is 1. The van der Waals surface area contributed by atoms with E-state index in [9.17, 15) is 4.79 Å². The Kier molecular flexibility index (Phi) is 5.63. The second-order valence-corrected chi connectivity index (χ2v) is 7.77. The van der Waals surface area contributed by atoms with E-state index in [1.54, 1.807) is 11.3 Å². The highest BCUT2D eigenvalue weighted by atomic mass is 32.1. The van der Waals surface area contributed by atoms with Crippen LogP contribution in [0.2, 0.25) is 0 Å². The SMILES string of the molecule is CCc1nnc(Nc2cccc(C3CCCN(C(=O)C(C)C)C3)n2)s1. The van der Waals surface area contributed by atoms with Crippen LogP contribution in [0.4, 0.5) is 10.9 Å². The lowest BCUT2D eigenvalue weighted by atomic mass is 9.93. The number of aryl methyl sites for hydroxylation is 1. The topological polar surface area (TPSA) is 71.0 Å². The van der Waals surface area contributed by atoms with E-state index in [-0.39, 0.29) is 11.8 Å². The predicted molar refractivity (Wildman–Crippen MR) is 100 cm³/mol. The Morgan fingerprint density at radius 3 is 2.96 bits per heavy atom. The number of hydrogen-bond donors (Lipinski definition) is 1. The molecule has 0 radical (unpaired) electrons. The molecule has 7 heteroatoms. The molecule has 134 valence electrons. The van der Waals surface area contributed by atoms with Crippen LogP contribution < -0.4 is 5.32 Å². The number of amides is 1. The summed E-state index contributed by atoms with van der Waals surface area (Å²) in [5.41, 5.74) is 1.03. The first kappa shape index (κ1) is 17.8. The fraction of sp³-hybridized carbons (Fsp3) is 0.556. The van der Waals surface area contributed by atoms with Gasteiger partial charge in [-0.25, -0.2) is 4.98 Å². The second-order valence-electron chi connectivity index (χ2n) is 6.71. The second kappa shape index (κ2) is 7.91. The van der Waals surface area contributed by atoms with Crippen molar-refractivity contribution in [2.45, 2.75) is 46.0 Å². The Hall–Kier alpha value is -2.02. The quantitative estimate of drug-likeness (QED) is 0.883. The Bertz CT molecular complexity index is 730. The van der Waals surface area contributed by atoms with Crippen LogP contribution in [0.25, 0.3) is 0 Å². The van der Waals surface area contributed by atoms with Crippen molar-refractivity contribution < 1.29 is 4.79 Å². The van der Waals surface area contributed by atoms with E-state index in [0.717, 1.165) is 54.0 Å². The number of rotatable bonds is 5. The number of piperidine rings is 1. The molecule has 1 fully saturated rings. The molecule has 3 heterocycles. The van der Waals surface area contributed by atoms with Crippen LogP contribution in [-0.2, 0) is 11.2 Å². The van der Waals surface area contributed by atoms with Crippen molar-refractivity contribution >= 4 is 28.2 Å². The van der Waals surface area contributed by atoms with Gasteiger partial charge in [0.25, 0.3) is 0 Å². The van der Waals surface area contributed by atoms with Gasteiger partial charge in [-0.05, 0) is 31.4 Å². The summed E-state index contributed by atoms with van der Waals surface area (Å²) in [6, 6.07) is 6.00. The van der Waals surface area contributed by atoms with Crippen molar-refractivity contribution in [3.63, 3.8) is 0 Å². The van der Waals surface area contributed by atoms with Gasteiger partial charge in [0, 0.05) is 30.6 Å². The average Bonchev–Trinajstić information content (AvgIpc) is 3.09. The monoisotopic (exact) mass is 359 g/mol. The molecule has 1 atom stereocenters. The summed E-state index contributed by atoms with van der Waals surface area (Å²) in [4.78, 5) is 19.0. The fourth-order valence-electron chi connectivity index (χ4n) is 3.09. The third-order valence-corrected chi connectivity index (χ3v) is 5.40. The number of carbonyl (C=O) groups is 1. The van der Waals surface area contributed by atoms with Crippen molar-refractivity contribution in [2.75, 3.05) is 18.4 Å². The number of hydrogen-bond acceptors (Lipinski definition) is 6. The van der Waals surface area contributed by atoms with Gasteiger partial charge < -0.3 is 10.2 Å². The van der Waals surface area contributed by atoms with Crippen LogP contribution in [0, 0.1) is 5.92 Å². The lowest BCUT2D eigenvalue weighted by Gasteiger charge is -2.33. The smallest absolute Gasteiger partial charge is 0.225 e. The highest BCUT2D eigenvalue weighted by Gasteiger charge is 2.26. The molecule has 1 amide bonds. The summed E-state index contributed by atoms with van der Waals surface area (Å²) in [6.07, 6.45) is 2.98. The zero-order valence-corrected chi connectivity index (χ0v) is 15.8. The minimum absolute atomic E-state index is 0.0462. The van der Waals surface area contributed by atoms with Crippen molar-refractivity contribution in [1.29, 1.82) is 0 Å². The summed E-state index contributed by atoms with van der Waals surface area (Å²) in [5.74, 6) is 1.35. The number of aromatic nitrogens is 3. The molecule has 0 spiro atoms. The minimum Gasteiger partial charge on any atom is -0.342 e. The molecule has 6 nitrogen and oxygen atoms in total. The van der Waals surface area contributed by atoms with Gasteiger partial charge in [0.15, 0.2) is 0 Å². The van der Waals surface area contributed by atoms with E-state index in [2.05, 4.69) is 28.5 Å². The lowest BCUT2D eigenvalue weighted by molar-refractivity contribution is -0.135. The molecule has 3 rings (SSSR count). The average molecular weight is 359 g/mol. The van der Waals surface area contributed by atoms with Crippen LogP contribution in [0.5, 0.6) is 0 Å². The molecule has 0 aliphatic carbocycles. The summed E-state index contributed by atoms with van der Waals surface area (Å²) >= 11 is 1.55. The van der Waals surface area contributed by atoms with E-state index in [0.29, 0.717) is 5.92 Å². The molecular weight excluding hydrogens is 334 g/mol.